The first-order chi connectivity index (χ1) is 12.1. The lowest BCUT2D eigenvalue weighted by molar-refractivity contribution is -0.124. The first-order valence-electron chi connectivity index (χ1n) is 8.24. The van der Waals surface area contributed by atoms with Crippen LogP contribution in [0.4, 0.5) is 11.4 Å². The summed E-state index contributed by atoms with van der Waals surface area (Å²) in [4.78, 5) is 28.5. The highest BCUT2D eigenvalue weighted by atomic mass is 35.5. The largest absolute Gasteiger partial charge is 0.482 e. The van der Waals surface area contributed by atoms with Gasteiger partial charge in [0.05, 0.1) is 5.69 Å². The van der Waals surface area contributed by atoms with E-state index in [0.717, 1.165) is 18.5 Å². The molecule has 0 aromatic heterocycles. The third-order valence-electron chi connectivity index (χ3n) is 4.57. The van der Waals surface area contributed by atoms with Gasteiger partial charge in [0.2, 0.25) is 5.91 Å². The minimum absolute atomic E-state index is 0.0239. The van der Waals surface area contributed by atoms with Crippen molar-refractivity contribution in [1.29, 1.82) is 0 Å². The predicted octanol–water partition coefficient (Wildman–Crippen LogP) is 3.04. The van der Waals surface area contributed by atoms with Crippen LogP contribution < -0.4 is 14.5 Å². The van der Waals surface area contributed by atoms with Crippen LogP contribution in [0.2, 0.25) is 5.02 Å². The predicted molar refractivity (Wildman–Crippen MR) is 96.4 cm³/mol. The summed E-state index contributed by atoms with van der Waals surface area (Å²) in [7, 11) is 0. The average molecular weight is 357 g/mol. The Hall–Kier alpha value is -2.53. The van der Waals surface area contributed by atoms with Crippen LogP contribution in [0, 0.1) is 0 Å². The van der Waals surface area contributed by atoms with Crippen LogP contribution in [0.5, 0.6) is 5.75 Å². The normalized spacial score (nSPS) is 16.1. The van der Waals surface area contributed by atoms with Gasteiger partial charge in [-0.2, -0.15) is 0 Å². The molecule has 2 aliphatic heterocycles. The molecule has 0 atom stereocenters. The van der Waals surface area contributed by atoms with Crippen molar-refractivity contribution in [2.24, 2.45) is 0 Å². The number of nitrogens with zero attached hydrogens (tertiary/aromatic N) is 2. The molecule has 6 heteroatoms. The van der Waals surface area contributed by atoms with Gasteiger partial charge in [0, 0.05) is 17.3 Å². The van der Waals surface area contributed by atoms with Crippen LogP contribution in [0.25, 0.3) is 0 Å². The van der Waals surface area contributed by atoms with Gasteiger partial charge in [0.25, 0.3) is 5.91 Å². The molecule has 0 saturated heterocycles. The highest BCUT2D eigenvalue weighted by molar-refractivity contribution is 6.31. The Morgan fingerprint density at radius 1 is 1.16 bits per heavy atom. The standard InChI is InChI=1S/C19H17ClN2O3/c20-14-7-8-17-16(10-14)22(19(24)12-25-17)11-18(23)21-9-3-5-13-4-1-2-6-15(13)21/h1-2,4,6-8,10H,3,5,9,11-12H2. The monoisotopic (exact) mass is 356 g/mol. The molecular weight excluding hydrogens is 340 g/mol. The van der Waals surface area contributed by atoms with E-state index in [1.807, 2.05) is 24.3 Å². The van der Waals surface area contributed by atoms with Gasteiger partial charge >= 0.3 is 0 Å². The van der Waals surface area contributed by atoms with E-state index in [2.05, 4.69) is 0 Å². The maximum atomic E-state index is 12.9. The lowest BCUT2D eigenvalue weighted by atomic mass is 10.0. The summed E-state index contributed by atoms with van der Waals surface area (Å²) in [5, 5.41) is 0.498. The van der Waals surface area contributed by atoms with Crippen molar-refractivity contribution in [3.05, 3.63) is 53.1 Å². The molecule has 4 rings (SSSR count). The van der Waals surface area contributed by atoms with E-state index in [1.54, 1.807) is 23.1 Å². The Kier molecular flexibility index (Phi) is 4.09. The number of amides is 2. The van der Waals surface area contributed by atoms with E-state index in [4.69, 9.17) is 16.3 Å². The lowest BCUT2D eigenvalue weighted by Gasteiger charge is -2.33. The second-order valence-corrected chi connectivity index (χ2v) is 6.59. The van der Waals surface area contributed by atoms with E-state index in [-0.39, 0.29) is 25.0 Å². The summed E-state index contributed by atoms with van der Waals surface area (Å²) in [6.45, 7) is 0.569. The fourth-order valence-corrected chi connectivity index (χ4v) is 3.53. The van der Waals surface area contributed by atoms with Crippen LogP contribution >= 0.6 is 11.6 Å². The van der Waals surface area contributed by atoms with E-state index in [1.165, 1.54) is 10.5 Å². The van der Waals surface area contributed by atoms with Gasteiger partial charge in [0.1, 0.15) is 12.3 Å². The average Bonchev–Trinajstić information content (AvgIpc) is 2.63. The quantitative estimate of drug-likeness (QED) is 0.831. The summed E-state index contributed by atoms with van der Waals surface area (Å²) in [5.41, 5.74) is 2.65. The molecule has 2 amide bonds. The molecule has 2 aromatic carbocycles. The van der Waals surface area contributed by atoms with Gasteiger partial charge in [-0.1, -0.05) is 29.8 Å². The number of aryl methyl sites for hydroxylation is 1. The Labute approximate surface area is 150 Å². The molecule has 0 aliphatic carbocycles. The van der Waals surface area contributed by atoms with Gasteiger partial charge in [-0.25, -0.2) is 0 Å². The minimum Gasteiger partial charge on any atom is -0.482 e. The topological polar surface area (TPSA) is 49.9 Å². The number of hydrogen-bond acceptors (Lipinski definition) is 3. The van der Waals surface area contributed by atoms with Crippen molar-refractivity contribution in [1.82, 2.24) is 0 Å². The van der Waals surface area contributed by atoms with Crippen molar-refractivity contribution in [2.45, 2.75) is 12.8 Å². The highest BCUT2D eigenvalue weighted by Gasteiger charge is 2.30. The van der Waals surface area contributed by atoms with Gasteiger partial charge in [-0.15, -0.1) is 0 Å². The summed E-state index contributed by atoms with van der Waals surface area (Å²) >= 11 is 6.05. The summed E-state index contributed by atoms with van der Waals surface area (Å²) < 4.78 is 5.43. The first-order valence-corrected chi connectivity index (χ1v) is 8.62. The number of benzene rings is 2. The molecule has 2 aromatic rings. The highest BCUT2D eigenvalue weighted by Crippen LogP contribution is 2.35. The molecule has 25 heavy (non-hydrogen) atoms. The number of fused-ring (bicyclic) bond motifs is 2. The second-order valence-electron chi connectivity index (χ2n) is 6.16. The number of ether oxygens (including phenoxy) is 1. The molecule has 5 nitrogen and oxygen atoms in total. The number of rotatable bonds is 2. The molecule has 0 unspecified atom stereocenters. The van der Waals surface area contributed by atoms with Gasteiger partial charge < -0.3 is 9.64 Å². The van der Waals surface area contributed by atoms with Crippen LogP contribution in [-0.2, 0) is 16.0 Å². The molecule has 0 saturated carbocycles. The molecule has 128 valence electrons. The van der Waals surface area contributed by atoms with Crippen LogP contribution in [0.1, 0.15) is 12.0 Å². The van der Waals surface area contributed by atoms with Crippen molar-refractivity contribution in [3.8, 4) is 5.75 Å². The van der Waals surface area contributed by atoms with Crippen LogP contribution in [0.3, 0.4) is 0 Å². The number of carbonyl (C=O) groups excluding carboxylic acids is 2. The van der Waals surface area contributed by atoms with Crippen molar-refractivity contribution < 1.29 is 14.3 Å². The number of para-hydroxylation sites is 1. The fraction of sp³-hybridized carbons (Fsp3) is 0.263. The van der Waals surface area contributed by atoms with Crippen molar-refractivity contribution in [3.63, 3.8) is 0 Å². The van der Waals surface area contributed by atoms with Crippen molar-refractivity contribution >= 4 is 34.8 Å². The third kappa shape index (κ3) is 2.96. The second kappa shape index (κ2) is 6.41. The van der Waals surface area contributed by atoms with Crippen molar-refractivity contribution in [2.75, 3.05) is 29.5 Å². The molecule has 0 N–H and O–H groups in total. The summed E-state index contributed by atoms with van der Waals surface area (Å²) in [6, 6.07) is 13.0. The maximum Gasteiger partial charge on any atom is 0.265 e. The molecular formula is C19H17ClN2O3. The lowest BCUT2D eigenvalue weighted by Crippen LogP contribution is -2.47. The molecule has 0 bridgehead atoms. The smallest absolute Gasteiger partial charge is 0.265 e. The third-order valence-corrected chi connectivity index (χ3v) is 4.80. The Morgan fingerprint density at radius 3 is 2.88 bits per heavy atom. The minimum atomic E-state index is -0.242. The van der Waals surface area contributed by atoms with Crippen LogP contribution in [0.15, 0.2) is 42.5 Å². The van der Waals surface area contributed by atoms with Gasteiger partial charge in [-0.3, -0.25) is 14.5 Å². The molecule has 2 aliphatic rings. The van der Waals surface area contributed by atoms with E-state index in [9.17, 15) is 9.59 Å². The molecule has 0 fully saturated rings. The zero-order valence-corrected chi connectivity index (χ0v) is 14.3. The van der Waals surface area contributed by atoms with Gasteiger partial charge in [0.15, 0.2) is 6.61 Å². The summed E-state index contributed by atoms with van der Waals surface area (Å²) in [6.07, 6.45) is 1.89. The number of halogens is 1. The molecule has 0 radical (unpaired) electrons. The Bertz CT molecular complexity index is 852. The van der Waals surface area contributed by atoms with Crippen LogP contribution in [-0.4, -0.2) is 31.5 Å². The number of carbonyl (C=O) groups is 2. The van der Waals surface area contributed by atoms with Gasteiger partial charge in [-0.05, 0) is 42.7 Å². The first kappa shape index (κ1) is 16.0. The molecule has 0 spiro atoms. The fourth-order valence-electron chi connectivity index (χ4n) is 3.36. The zero-order chi connectivity index (χ0) is 17.4. The SMILES string of the molecule is O=C(CN1C(=O)COc2ccc(Cl)cc21)N1CCCc2ccccc21. The number of hydrogen-bond donors (Lipinski definition) is 0. The molecule has 2 heterocycles. The zero-order valence-electron chi connectivity index (χ0n) is 13.6. The Morgan fingerprint density at radius 2 is 2.00 bits per heavy atom. The maximum absolute atomic E-state index is 12.9. The van der Waals surface area contributed by atoms with E-state index >= 15 is 0 Å². The van der Waals surface area contributed by atoms with E-state index in [0.29, 0.717) is 23.0 Å². The summed E-state index contributed by atoms with van der Waals surface area (Å²) in [5.74, 6) is 0.220. The number of anilines is 2. The van der Waals surface area contributed by atoms with E-state index < -0.39 is 0 Å². The Balaban J connectivity index is 1.62.